The van der Waals surface area contributed by atoms with Gasteiger partial charge in [-0.05, 0) is 38.8 Å². The Hall–Kier alpha value is -2.42. The zero-order chi connectivity index (χ0) is 14.8. The molecule has 6 nitrogen and oxygen atoms in total. The van der Waals surface area contributed by atoms with E-state index in [9.17, 15) is 5.26 Å². The predicted octanol–water partition coefficient (Wildman–Crippen LogP) is 1.83. The van der Waals surface area contributed by atoms with Crippen LogP contribution in [0.2, 0.25) is 0 Å². The van der Waals surface area contributed by atoms with E-state index in [1.54, 1.807) is 12.3 Å². The van der Waals surface area contributed by atoms with Gasteiger partial charge in [0.25, 0.3) is 0 Å². The van der Waals surface area contributed by atoms with Crippen molar-refractivity contribution in [3.63, 3.8) is 0 Å². The van der Waals surface area contributed by atoms with Gasteiger partial charge in [-0.25, -0.2) is 14.6 Å². The van der Waals surface area contributed by atoms with E-state index in [2.05, 4.69) is 26.0 Å². The van der Waals surface area contributed by atoms with E-state index >= 15 is 0 Å². The van der Waals surface area contributed by atoms with Gasteiger partial charge in [-0.3, -0.25) is 0 Å². The lowest BCUT2D eigenvalue weighted by molar-refractivity contribution is 0.495. The molecule has 0 unspecified atom stereocenters. The van der Waals surface area contributed by atoms with Crippen molar-refractivity contribution in [2.45, 2.75) is 39.3 Å². The van der Waals surface area contributed by atoms with Crippen LogP contribution in [0.5, 0.6) is 0 Å². The van der Waals surface area contributed by atoms with Gasteiger partial charge in [0.15, 0.2) is 0 Å². The third-order valence-corrected chi connectivity index (χ3v) is 3.90. The smallest absolute Gasteiger partial charge is 0.147 e. The van der Waals surface area contributed by atoms with Crippen LogP contribution in [0.1, 0.15) is 30.1 Å². The zero-order valence-corrected chi connectivity index (χ0v) is 12.3. The van der Waals surface area contributed by atoms with Crippen LogP contribution in [-0.2, 0) is 6.54 Å². The summed E-state index contributed by atoms with van der Waals surface area (Å²) in [5.41, 5.74) is 0.635. The molecule has 21 heavy (non-hydrogen) atoms. The molecule has 0 aliphatic carbocycles. The quantitative estimate of drug-likeness (QED) is 0.859. The van der Waals surface area contributed by atoms with Crippen LogP contribution in [0, 0.1) is 25.2 Å². The van der Waals surface area contributed by atoms with Crippen LogP contribution in [0.25, 0.3) is 0 Å². The lowest BCUT2D eigenvalue weighted by Crippen LogP contribution is -2.34. The summed E-state index contributed by atoms with van der Waals surface area (Å²) in [6, 6.07) is 6.17. The number of nitrogens with zero attached hydrogens (tertiary/aromatic N) is 6. The normalized spacial score (nSPS) is 18.0. The van der Waals surface area contributed by atoms with Gasteiger partial charge in [0.05, 0.1) is 18.2 Å². The van der Waals surface area contributed by atoms with Crippen LogP contribution >= 0.6 is 0 Å². The molecule has 1 aliphatic heterocycles. The van der Waals surface area contributed by atoms with Crippen molar-refractivity contribution in [3.8, 4) is 6.07 Å². The molecule has 1 atom stereocenters. The van der Waals surface area contributed by atoms with Crippen molar-refractivity contribution in [3.05, 3.63) is 35.5 Å². The van der Waals surface area contributed by atoms with Crippen LogP contribution < -0.4 is 4.90 Å². The summed E-state index contributed by atoms with van der Waals surface area (Å²) in [4.78, 5) is 11.0. The first-order valence-electron chi connectivity index (χ1n) is 7.19. The Morgan fingerprint density at radius 1 is 1.43 bits per heavy atom. The molecule has 0 bridgehead atoms. The molecule has 1 saturated heterocycles. The monoisotopic (exact) mass is 282 g/mol. The Morgan fingerprint density at radius 3 is 3.00 bits per heavy atom. The molecule has 6 heteroatoms. The fourth-order valence-corrected chi connectivity index (χ4v) is 2.95. The highest BCUT2D eigenvalue weighted by Crippen LogP contribution is 2.27. The van der Waals surface area contributed by atoms with Crippen molar-refractivity contribution < 1.29 is 0 Å². The molecule has 108 valence electrons. The van der Waals surface area contributed by atoms with Crippen molar-refractivity contribution in [2.75, 3.05) is 11.4 Å². The van der Waals surface area contributed by atoms with Crippen LogP contribution in [0.4, 0.5) is 5.82 Å². The standard InChI is InChI=1S/C15H18N6/c1-11-18-12(2)21(19-11)10-14-6-4-8-20(14)15-13(9-16)5-3-7-17-15/h3,5,7,14H,4,6,8,10H2,1-2H3/t14-/m0/s1. The number of aryl methyl sites for hydroxylation is 2. The topological polar surface area (TPSA) is 70.6 Å². The molecule has 0 spiro atoms. The number of rotatable bonds is 3. The van der Waals surface area contributed by atoms with Gasteiger partial charge in [-0.2, -0.15) is 10.4 Å². The summed E-state index contributed by atoms with van der Waals surface area (Å²) in [7, 11) is 0. The third-order valence-electron chi connectivity index (χ3n) is 3.90. The molecule has 0 radical (unpaired) electrons. The fourth-order valence-electron chi connectivity index (χ4n) is 2.95. The van der Waals surface area contributed by atoms with E-state index in [0.717, 1.165) is 43.4 Å². The molecule has 1 aliphatic rings. The van der Waals surface area contributed by atoms with E-state index in [0.29, 0.717) is 11.6 Å². The lowest BCUT2D eigenvalue weighted by Gasteiger charge is -2.26. The van der Waals surface area contributed by atoms with Gasteiger partial charge in [0.1, 0.15) is 23.5 Å². The minimum absolute atomic E-state index is 0.312. The first-order valence-corrected chi connectivity index (χ1v) is 7.19. The van der Waals surface area contributed by atoms with Gasteiger partial charge in [-0.15, -0.1) is 0 Å². The lowest BCUT2D eigenvalue weighted by atomic mass is 10.2. The van der Waals surface area contributed by atoms with Crippen molar-refractivity contribution in [1.82, 2.24) is 19.7 Å². The van der Waals surface area contributed by atoms with Crippen LogP contribution in [-0.4, -0.2) is 32.3 Å². The summed E-state index contributed by atoms with van der Waals surface area (Å²) >= 11 is 0. The first kappa shape index (κ1) is 13.6. The Morgan fingerprint density at radius 2 is 2.29 bits per heavy atom. The summed E-state index contributed by atoms with van der Waals surface area (Å²) < 4.78 is 1.95. The largest absolute Gasteiger partial charge is 0.351 e. The molecule has 3 rings (SSSR count). The highest BCUT2D eigenvalue weighted by atomic mass is 15.4. The molecular formula is C15H18N6. The Labute approximate surface area is 124 Å². The number of anilines is 1. The van der Waals surface area contributed by atoms with E-state index in [1.165, 1.54) is 0 Å². The molecule has 2 aromatic heterocycles. The molecule has 1 fully saturated rings. The molecule has 3 heterocycles. The van der Waals surface area contributed by atoms with E-state index in [-0.39, 0.29) is 0 Å². The molecular weight excluding hydrogens is 264 g/mol. The number of hydrogen-bond acceptors (Lipinski definition) is 5. The average molecular weight is 282 g/mol. The maximum Gasteiger partial charge on any atom is 0.147 e. The molecule has 0 aromatic carbocycles. The third kappa shape index (κ3) is 2.59. The van der Waals surface area contributed by atoms with Crippen LogP contribution in [0.3, 0.4) is 0 Å². The second-order valence-electron chi connectivity index (χ2n) is 5.36. The van der Waals surface area contributed by atoms with E-state index < -0.39 is 0 Å². The second-order valence-corrected chi connectivity index (χ2v) is 5.36. The molecule has 2 aromatic rings. The Kier molecular flexibility index (Phi) is 3.57. The van der Waals surface area contributed by atoms with Gasteiger partial charge in [0.2, 0.25) is 0 Å². The highest BCUT2D eigenvalue weighted by Gasteiger charge is 2.28. The number of nitriles is 1. The van der Waals surface area contributed by atoms with Gasteiger partial charge in [-0.1, -0.05) is 0 Å². The minimum Gasteiger partial charge on any atom is -0.351 e. The van der Waals surface area contributed by atoms with Gasteiger partial charge in [0, 0.05) is 12.7 Å². The summed E-state index contributed by atoms with van der Waals surface area (Å²) in [6.07, 6.45) is 3.94. The SMILES string of the molecule is Cc1nc(C)n(C[C@@H]2CCCN2c2ncccc2C#N)n1. The van der Waals surface area contributed by atoms with Gasteiger partial charge >= 0.3 is 0 Å². The average Bonchev–Trinajstić information content (AvgIpc) is 3.06. The van der Waals surface area contributed by atoms with Crippen molar-refractivity contribution in [1.29, 1.82) is 5.26 Å². The molecule has 0 N–H and O–H groups in total. The summed E-state index contributed by atoms with van der Waals surface area (Å²) in [5, 5.41) is 13.7. The molecule has 0 amide bonds. The fraction of sp³-hybridized carbons (Fsp3) is 0.467. The first-order chi connectivity index (χ1) is 10.2. The minimum atomic E-state index is 0.312. The van der Waals surface area contributed by atoms with Crippen molar-refractivity contribution >= 4 is 5.82 Å². The van der Waals surface area contributed by atoms with Gasteiger partial charge < -0.3 is 4.90 Å². The maximum atomic E-state index is 9.26. The number of aromatic nitrogens is 4. The maximum absolute atomic E-state index is 9.26. The second kappa shape index (κ2) is 5.52. The zero-order valence-electron chi connectivity index (χ0n) is 12.3. The van der Waals surface area contributed by atoms with Crippen molar-refractivity contribution in [2.24, 2.45) is 0 Å². The summed E-state index contributed by atoms with van der Waals surface area (Å²) in [5.74, 6) is 2.52. The number of hydrogen-bond donors (Lipinski definition) is 0. The predicted molar refractivity (Wildman–Crippen MR) is 78.8 cm³/mol. The Balaban J connectivity index is 1.86. The highest BCUT2D eigenvalue weighted by molar-refractivity contribution is 5.54. The molecule has 0 saturated carbocycles. The van der Waals surface area contributed by atoms with E-state index in [1.807, 2.05) is 24.6 Å². The summed E-state index contributed by atoms with van der Waals surface area (Å²) in [6.45, 7) is 5.60. The Bertz CT molecular complexity index is 684. The van der Waals surface area contributed by atoms with E-state index in [4.69, 9.17) is 0 Å². The van der Waals surface area contributed by atoms with Crippen LogP contribution in [0.15, 0.2) is 18.3 Å². The number of pyridine rings is 1.